The van der Waals surface area contributed by atoms with Crippen LogP contribution in [0.1, 0.15) is 5.69 Å². The molecule has 0 radical (unpaired) electrons. The van der Waals surface area contributed by atoms with Crippen molar-refractivity contribution in [1.82, 2.24) is 15.3 Å². The number of hydrogen-bond donors (Lipinski definition) is 2. The van der Waals surface area contributed by atoms with Crippen LogP contribution < -0.4 is 11.1 Å². The van der Waals surface area contributed by atoms with Crippen molar-refractivity contribution in [3.63, 3.8) is 0 Å². The van der Waals surface area contributed by atoms with Gasteiger partial charge in [-0.1, -0.05) is 0 Å². The van der Waals surface area contributed by atoms with Crippen LogP contribution in [-0.2, 0) is 6.54 Å². The van der Waals surface area contributed by atoms with Crippen molar-refractivity contribution in [1.29, 1.82) is 0 Å². The molecule has 0 atom stereocenters. The predicted molar refractivity (Wildman–Crippen MR) is 45.7 cm³/mol. The fourth-order valence-electron chi connectivity index (χ4n) is 0.600. The molecule has 1 aromatic heterocycles. The van der Waals surface area contributed by atoms with Gasteiger partial charge in [-0.2, -0.15) is 0 Å². The summed E-state index contributed by atoms with van der Waals surface area (Å²) in [7, 11) is 0. The van der Waals surface area contributed by atoms with Crippen LogP contribution in [0.5, 0.6) is 0 Å². The summed E-state index contributed by atoms with van der Waals surface area (Å²) in [5, 5.41) is 3.06. The third-order valence-corrected chi connectivity index (χ3v) is 1.23. The van der Waals surface area contributed by atoms with Crippen LogP contribution >= 0.6 is 12.2 Å². The van der Waals surface area contributed by atoms with Crippen molar-refractivity contribution in [2.75, 3.05) is 0 Å². The first-order chi connectivity index (χ1) is 5.29. The van der Waals surface area contributed by atoms with E-state index in [0.29, 0.717) is 6.54 Å². The molecule has 1 aromatic rings. The Morgan fingerprint density at radius 2 is 2.55 bits per heavy atom. The standard InChI is InChI=1S/C6H8N4S/c7-6(11)9-3-5-1-2-8-4-10-5/h1-2,4H,3H2,(H3,7,9,11). The summed E-state index contributed by atoms with van der Waals surface area (Å²) >= 11 is 4.62. The van der Waals surface area contributed by atoms with Crippen molar-refractivity contribution in [2.24, 2.45) is 5.73 Å². The van der Waals surface area contributed by atoms with E-state index in [-0.39, 0.29) is 5.11 Å². The van der Waals surface area contributed by atoms with Crippen LogP contribution in [0.15, 0.2) is 18.6 Å². The lowest BCUT2D eigenvalue weighted by Gasteiger charge is -2.00. The molecule has 0 spiro atoms. The molecule has 11 heavy (non-hydrogen) atoms. The minimum Gasteiger partial charge on any atom is -0.376 e. The zero-order valence-electron chi connectivity index (χ0n) is 5.82. The SMILES string of the molecule is NC(=S)NCc1ccncn1. The Kier molecular flexibility index (Phi) is 2.74. The summed E-state index contributed by atoms with van der Waals surface area (Å²) in [5.41, 5.74) is 6.09. The molecule has 0 bridgehead atoms. The van der Waals surface area contributed by atoms with E-state index in [1.165, 1.54) is 6.33 Å². The van der Waals surface area contributed by atoms with Crippen LogP contribution in [0.2, 0.25) is 0 Å². The maximum absolute atomic E-state index is 5.22. The van der Waals surface area contributed by atoms with Crippen molar-refractivity contribution in [3.8, 4) is 0 Å². The fourth-order valence-corrected chi connectivity index (χ4v) is 0.672. The molecule has 0 aromatic carbocycles. The molecule has 0 saturated carbocycles. The largest absolute Gasteiger partial charge is 0.376 e. The minimum atomic E-state index is 0.281. The monoisotopic (exact) mass is 168 g/mol. The number of rotatable bonds is 2. The molecule has 5 heteroatoms. The normalized spacial score (nSPS) is 9.09. The van der Waals surface area contributed by atoms with Crippen LogP contribution in [0.4, 0.5) is 0 Å². The van der Waals surface area contributed by atoms with E-state index in [2.05, 4.69) is 27.5 Å². The van der Waals surface area contributed by atoms with Crippen molar-refractivity contribution < 1.29 is 0 Å². The molecule has 0 amide bonds. The number of aromatic nitrogens is 2. The van der Waals surface area contributed by atoms with E-state index < -0.39 is 0 Å². The van der Waals surface area contributed by atoms with E-state index in [9.17, 15) is 0 Å². The van der Waals surface area contributed by atoms with Gasteiger partial charge in [-0.3, -0.25) is 0 Å². The predicted octanol–water partition coefficient (Wildman–Crippen LogP) is -0.190. The Labute approximate surface area is 69.8 Å². The van der Waals surface area contributed by atoms with Crippen molar-refractivity contribution in [3.05, 3.63) is 24.3 Å². The number of nitrogens with zero attached hydrogens (tertiary/aromatic N) is 2. The summed E-state index contributed by atoms with van der Waals surface area (Å²) in [6.45, 7) is 0.553. The molecule has 4 nitrogen and oxygen atoms in total. The molecular formula is C6H8N4S. The van der Waals surface area contributed by atoms with Crippen LogP contribution in [0.3, 0.4) is 0 Å². The topological polar surface area (TPSA) is 63.8 Å². The highest BCUT2D eigenvalue weighted by atomic mass is 32.1. The highest BCUT2D eigenvalue weighted by molar-refractivity contribution is 7.80. The summed E-state index contributed by atoms with van der Waals surface area (Å²) < 4.78 is 0. The molecule has 1 rings (SSSR count). The average Bonchev–Trinajstić information content (AvgIpc) is 2.03. The molecule has 0 aliphatic rings. The maximum Gasteiger partial charge on any atom is 0.163 e. The van der Waals surface area contributed by atoms with E-state index in [0.717, 1.165) is 5.69 Å². The van der Waals surface area contributed by atoms with Crippen LogP contribution in [0, 0.1) is 0 Å². The van der Waals surface area contributed by atoms with E-state index in [4.69, 9.17) is 5.73 Å². The first-order valence-corrected chi connectivity index (χ1v) is 3.48. The van der Waals surface area contributed by atoms with E-state index in [1.54, 1.807) is 12.3 Å². The third kappa shape index (κ3) is 2.90. The van der Waals surface area contributed by atoms with Gasteiger partial charge in [0.25, 0.3) is 0 Å². The quantitative estimate of drug-likeness (QED) is 0.599. The van der Waals surface area contributed by atoms with Gasteiger partial charge in [0.05, 0.1) is 12.2 Å². The molecule has 58 valence electrons. The Morgan fingerprint density at radius 3 is 3.09 bits per heavy atom. The Morgan fingerprint density at radius 1 is 1.73 bits per heavy atom. The summed E-state index contributed by atoms with van der Waals surface area (Å²) in [4.78, 5) is 7.73. The zero-order chi connectivity index (χ0) is 8.10. The number of nitrogens with two attached hydrogens (primary N) is 1. The van der Waals surface area contributed by atoms with Gasteiger partial charge in [-0.25, -0.2) is 9.97 Å². The Hall–Kier alpha value is -1.23. The number of thiocarbonyl (C=S) groups is 1. The number of hydrogen-bond acceptors (Lipinski definition) is 3. The lowest BCUT2D eigenvalue weighted by Crippen LogP contribution is -2.28. The van der Waals surface area contributed by atoms with Gasteiger partial charge in [0, 0.05) is 6.20 Å². The van der Waals surface area contributed by atoms with E-state index >= 15 is 0 Å². The third-order valence-electron chi connectivity index (χ3n) is 1.09. The minimum absolute atomic E-state index is 0.281. The lowest BCUT2D eigenvalue weighted by atomic mass is 10.4. The maximum atomic E-state index is 5.22. The highest BCUT2D eigenvalue weighted by Crippen LogP contribution is 1.88. The molecular weight excluding hydrogens is 160 g/mol. The van der Waals surface area contributed by atoms with Crippen LogP contribution in [0.25, 0.3) is 0 Å². The van der Waals surface area contributed by atoms with Crippen molar-refractivity contribution >= 4 is 17.3 Å². The molecule has 0 saturated heterocycles. The Balaban J connectivity index is 2.45. The number of nitrogens with one attached hydrogen (secondary N) is 1. The van der Waals surface area contributed by atoms with Gasteiger partial charge in [0.1, 0.15) is 6.33 Å². The van der Waals surface area contributed by atoms with Gasteiger partial charge in [-0.05, 0) is 18.3 Å². The zero-order valence-corrected chi connectivity index (χ0v) is 6.64. The second-order valence-corrected chi connectivity index (χ2v) is 2.36. The van der Waals surface area contributed by atoms with Gasteiger partial charge in [0.2, 0.25) is 0 Å². The summed E-state index contributed by atoms with van der Waals surface area (Å²) in [6, 6.07) is 1.80. The second kappa shape index (κ2) is 3.82. The van der Waals surface area contributed by atoms with Gasteiger partial charge in [0.15, 0.2) is 5.11 Å². The van der Waals surface area contributed by atoms with E-state index in [1.807, 2.05) is 0 Å². The summed E-state index contributed by atoms with van der Waals surface area (Å²) in [6.07, 6.45) is 3.15. The lowest BCUT2D eigenvalue weighted by molar-refractivity contribution is 0.867. The van der Waals surface area contributed by atoms with Crippen LogP contribution in [-0.4, -0.2) is 15.1 Å². The first kappa shape index (κ1) is 7.87. The van der Waals surface area contributed by atoms with Gasteiger partial charge in [-0.15, -0.1) is 0 Å². The molecule has 1 heterocycles. The fraction of sp³-hybridized carbons (Fsp3) is 0.167. The molecule has 0 unspecified atom stereocenters. The highest BCUT2D eigenvalue weighted by Gasteiger charge is 1.91. The molecule has 0 aliphatic heterocycles. The first-order valence-electron chi connectivity index (χ1n) is 3.07. The van der Waals surface area contributed by atoms with Gasteiger partial charge >= 0.3 is 0 Å². The molecule has 0 aliphatic carbocycles. The van der Waals surface area contributed by atoms with Crippen molar-refractivity contribution in [2.45, 2.75) is 6.54 Å². The summed E-state index contributed by atoms with van der Waals surface area (Å²) in [5.74, 6) is 0. The molecule has 3 N–H and O–H groups in total. The van der Waals surface area contributed by atoms with Gasteiger partial charge < -0.3 is 11.1 Å². The average molecular weight is 168 g/mol. The molecule has 0 fully saturated rings. The smallest absolute Gasteiger partial charge is 0.163 e. The second-order valence-electron chi connectivity index (χ2n) is 1.92. The Bertz CT molecular complexity index is 236.